The highest BCUT2D eigenvalue weighted by atomic mass is 127. The molecule has 0 spiro atoms. The number of halogens is 1. The zero-order valence-corrected chi connectivity index (χ0v) is 12.9. The van der Waals surface area contributed by atoms with Crippen LogP contribution in [0, 0.1) is 3.57 Å². The van der Waals surface area contributed by atoms with E-state index in [4.69, 9.17) is 4.74 Å². The molecular formula is C16H15IO2. The molecule has 2 aromatic carbocycles. The summed E-state index contributed by atoms with van der Waals surface area (Å²) >= 11 is 2.28. The van der Waals surface area contributed by atoms with Crippen molar-refractivity contribution >= 4 is 28.4 Å². The summed E-state index contributed by atoms with van der Waals surface area (Å²) in [6.07, 6.45) is 0.531. The van der Waals surface area contributed by atoms with Gasteiger partial charge in [-0.05, 0) is 64.6 Å². The van der Waals surface area contributed by atoms with Gasteiger partial charge in [-0.15, -0.1) is 0 Å². The lowest BCUT2D eigenvalue weighted by atomic mass is 10.1. The Hall–Kier alpha value is -1.36. The first-order valence-electron chi connectivity index (χ1n) is 6.19. The minimum absolute atomic E-state index is 0.157. The highest BCUT2D eigenvalue weighted by Gasteiger charge is 2.03. The summed E-state index contributed by atoms with van der Waals surface area (Å²) < 4.78 is 6.90. The second kappa shape index (κ2) is 6.70. The van der Waals surface area contributed by atoms with Crippen LogP contribution in [0.5, 0.6) is 5.75 Å². The van der Waals surface area contributed by atoms with Gasteiger partial charge in [0.1, 0.15) is 12.4 Å². The molecule has 2 nitrogen and oxygen atoms in total. The van der Waals surface area contributed by atoms with Crippen molar-refractivity contribution in [2.45, 2.75) is 20.0 Å². The topological polar surface area (TPSA) is 26.3 Å². The molecule has 0 aliphatic carbocycles. The van der Waals surface area contributed by atoms with E-state index in [1.165, 1.54) is 3.57 Å². The quantitative estimate of drug-likeness (QED) is 0.577. The third-order valence-electron chi connectivity index (χ3n) is 2.82. The number of rotatable bonds is 5. The summed E-state index contributed by atoms with van der Waals surface area (Å²) in [5, 5.41) is 0. The van der Waals surface area contributed by atoms with Crippen molar-refractivity contribution in [3.05, 3.63) is 63.2 Å². The van der Waals surface area contributed by atoms with Gasteiger partial charge >= 0.3 is 0 Å². The van der Waals surface area contributed by atoms with Gasteiger partial charge in [-0.3, -0.25) is 4.79 Å². The van der Waals surface area contributed by atoms with E-state index >= 15 is 0 Å². The lowest BCUT2D eigenvalue weighted by molar-refractivity contribution is 0.0988. The standard InChI is InChI=1S/C16H15IO2/c1-2-16(18)13-5-9-15(10-6-13)19-11-12-3-7-14(17)8-4-12/h3-10H,2,11H2,1H3. The van der Waals surface area contributed by atoms with Gasteiger partial charge in [0, 0.05) is 15.6 Å². The van der Waals surface area contributed by atoms with E-state index in [2.05, 4.69) is 46.9 Å². The molecule has 2 rings (SSSR count). The molecule has 0 aromatic heterocycles. The highest BCUT2D eigenvalue weighted by molar-refractivity contribution is 14.1. The van der Waals surface area contributed by atoms with Crippen molar-refractivity contribution in [3.8, 4) is 5.75 Å². The Morgan fingerprint density at radius 1 is 1.05 bits per heavy atom. The lowest BCUT2D eigenvalue weighted by Crippen LogP contribution is -1.98. The second-order valence-corrected chi connectivity index (χ2v) is 5.46. The summed E-state index contributed by atoms with van der Waals surface area (Å²) in [5.41, 5.74) is 1.87. The average Bonchev–Trinajstić information content (AvgIpc) is 2.46. The van der Waals surface area contributed by atoms with Crippen molar-refractivity contribution in [1.82, 2.24) is 0 Å². The molecule has 0 aliphatic heterocycles. The Morgan fingerprint density at radius 3 is 2.26 bits per heavy atom. The molecule has 0 fully saturated rings. The van der Waals surface area contributed by atoms with Crippen LogP contribution in [0.3, 0.4) is 0 Å². The van der Waals surface area contributed by atoms with E-state index in [0.717, 1.165) is 16.9 Å². The number of ether oxygens (including phenoxy) is 1. The monoisotopic (exact) mass is 366 g/mol. The maximum absolute atomic E-state index is 11.5. The first-order chi connectivity index (χ1) is 9.19. The van der Waals surface area contributed by atoms with Gasteiger partial charge < -0.3 is 4.74 Å². The summed E-state index contributed by atoms with van der Waals surface area (Å²) in [6.45, 7) is 2.40. The van der Waals surface area contributed by atoms with Gasteiger partial charge in [0.25, 0.3) is 0 Å². The fourth-order valence-corrected chi connectivity index (χ4v) is 2.05. The molecule has 19 heavy (non-hydrogen) atoms. The van der Waals surface area contributed by atoms with E-state index in [1.54, 1.807) is 0 Å². The third kappa shape index (κ3) is 4.06. The van der Waals surface area contributed by atoms with Crippen LogP contribution in [0.2, 0.25) is 0 Å². The Bertz CT molecular complexity index is 544. The lowest BCUT2D eigenvalue weighted by Gasteiger charge is -2.07. The van der Waals surface area contributed by atoms with E-state index in [9.17, 15) is 4.79 Å². The predicted molar refractivity (Wildman–Crippen MR) is 84.6 cm³/mol. The van der Waals surface area contributed by atoms with Gasteiger partial charge in [0.05, 0.1) is 0 Å². The van der Waals surface area contributed by atoms with Crippen LogP contribution >= 0.6 is 22.6 Å². The number of ketones is 1. The number of hydrogen-bond donors (Lipinski definition) is 0. The maximum Gasteiger partial charge on any atom is 0.162 e. The van der Waals surface area contributed by atoms with Crippen LogP contribution in [-0.2, 0) is 6.61 Å². The molecule has 2 aromatic rings. The number of hydrogen-bond acceptors (Lipinski definition) is 2. The van der Waals surface area contributed by atoms with Crippen molar-refractivity contribution in [2.24, 2.45) is 0 Å². The Labute approximate surface area is 126 Å². The fourth-order valence-electron chi connectivity index (χ4n) is 1.69. The van der Waals surface area contributed by atoms with Gasteiger partial charge in [-0.25, -0.2) is 0 Å². The largest absolute Gasteiger partial charge is 0.489 e. The number of carbonyl (C=O) groups excluding carboxylic acids is 1. The van der Waals surface area contributed by atoms with Crippen molar-refractivity contribution in [3.63, 3.8) is 0 Å². The first kappa shape index (κ1) is 14.1. The molecule has 0 N–H and O–H groups in total. The zero-order valence-electron chi connectivity index (χ0n) is 10.7. The van der Waals surface area contributed by atoms with Crippen LogP contribution in [0.4, 0.5) is 0 Å². The van der Waals surface area contributed by atoms with Crippen molar-refractivity contribution < 1.29 is 9.53 Å². The summed E-state index contributed by atoms with van der Waals surface area (Å²) in [7, 11) is 0. The van der Waals surface area contributed by atoms with Crippen LogP contribution in [0.15, 0.2) is 48.5 Å². The minimum atomic E-state index is 0.157. The molecule has 3 heteroatoms. The summed E-state index contributed by atoms with van der Waals surface area (Å²) in [5.74, 6) is 0.940. The molecule has 0 aliphatic rings. The molecule has 0 atom stereocenters. The molecule has 0 amide bonds. The number of carbonyl (C=O) groups is 1. The van der Waals surface area contributed by atoms with Crippen LogP contribution in [0.25, 0.3) is 0 Å². The Kier molecular flexibility index (Phi) is 4.96. The fraction of sp³-hybridized carbons (Fsp3) is 0.188. The summed E-state index contributed by atoms with van der Waals surface area (Å²) in [6, 6.07) is 15.5. The molecule has 98 valence electrons. The average molecular weight is 366 g/mol. The zero-order chi connectivity index (χ0) is 13.7. The number of Topliss-reactive ketones (excluding diaryl/α,β-unsaturated/α-hetero) is 1. The Balaban J connectivity index is 1.96. The van der Waals surface area contributed by atoms with E-state index < -0.39 is 0 Å². The second-order valence-electron chi connectivity index (χ2n) is 4.22. The molecule has 0 heterocycles. The maximum atomic E-state index is 11.5. The van der Waals surface area contributed by atoms with Crippen LogP contribution in [0.1, 0.15) is 29.3 Å². The van der Waals surface area contributed by atoms with Crippen LogP contribution < -0.4 is 4.74 Å². The van der Waals surface area contributed by atoms with E-state index in [0.29, 0.717) is 13.0 Å². The van der Waals surface area contributed by atoms with Gasteiger partial charge in [0.15, 0.2) is 5.78 Å². The van der Waals surface area contributed by atoms with E-state index in [-0.39, 0.29) is 5.78 Å². The normalized spacial score (nSPS) is 10.2. The number of benzene rings is 2. The molecular weight excluding hydrogens is 351 g/mol. The summed E-state index contributed by atoms with van der Waals surface area (Å²) in [4.78, 5) is 11.5. The molecule has 0 unspecified atom stereocenters. The molecule has 0 saturated heterocycles. The van der Waals surface area contributed by atoms with Gasteiger partial charge in [-0.1, -0.05) is 19.1 Å². The predicted octanol–water partition coefficient (Wildman–Crippen LogP) is 4.46. The van der Waals surface area contributed by atoms with E-state index in [1.807, 2.05) is 31.2 Å². The minimum Gasteiger partial charge on any atom is -0.489 e. The van der Waals surface area contributed by atoms with Gasteiger partial charge in [0.2, 0.25) is 0 Å². The van der Waals surface area contributed by atoms with Crippen molar-refractivity contribution in [2.75, 3.05) is 0 Å². The third-order valence-corrected chi connectivity index (χ3v) is 3.54. The smallest absolute Gasteiger partial charge is 0.162 e. The first-order valence-corrected chi connectivity index (χ1v) is 7.27. The highest BCUT2D eigenvalue weighted by Crippen LogP contribution is 2.15. The molecule has 0 radical (unpaired) electrons. The van der Waals surface area contributed by atoms with Crippen molar-refractivity contribution in [1.29, 1.82) is 0 Å². The van der Waals surface area contributed by atoms with Gasteiger partial charge in [-0.2, -0.15) is 0 Å². The molecule has 0 bridgehead atoms. The Morgan fingerprint density at radius 2 is 1.68 bits per heavy atom. The molecule has 0 saturated carbocycles. The SMILES string of the molecule is CCC(=O)c1ccc(OCc2ccc(I)cc2)cc1. The van der Waals surface area contributed by atoms with Crippen LogP contribution in [-0.4, -0.2) is 5.78 Å².